The number of hydrogen-bond acceptors (Lipinski definition) is 5. The average Bonchev–Trinajstić information content (AvgIpc) is 2.99. The van der Waals surface area contributed by atoms with Crippen LogP contribution in [0.1, 0.15) is 18.1 Å². The summed E-state index contributed by atoms with van der Waals surface area (Å²) < 4.78 is 11.6. The Morgan fingerprint density at radius 3 is 2.69 bits per heavy atom. The predicted molar refractivity (Wildman–Crippen MR) is 96.1 cm³/mol. The van der Waals surface area contributed by atoms with E-state index in [1.807, 2.05) is 0 Å². The Morgan fingerprint density at radius 1 is 1.23 bits per heavy atom. The molecule has 136 valence electrons. The van der Waals surface area contributed by atoms with Gasteiger partial charge in [-0.1, -0.05) is 24.3 Å². The van der Waals surface area contributed by atoms with Gasteiger partial charge in [-0.25, -0.2) is 4.79 Å². The van der Waals surface area contributed by atoms with Crippen molar-refractivity contribution in [2.24, 2.45) is 0 Å². The monoisotopic (exact) mass is 356 g/mol. The van der Waals surface area contributed by atoms with E-state index in [0.29, 0.717) is 22.4 Å². The summed E-state index contributed by atoms with van der Waals surface area (Å²) in [6, 6.07) is 14.0. The lowest BCUT2D eigenvalue weighted by atomic mass is 10.1. The van der Waals surface area contributed by atoms with E-state index >= 15 is 0 Å². The first kappa shape index (κ1) is 17.8. The van der Waals surface area contributed by atoms with E-state index in [9.17, 15) is 14.7 Å². The topological polar surface area (TPSA) is 93.7 Å². The van der Waals surface area contributed by atoms with E-state index < -0.39 is 11.9 Å². The minimum Gasteiger partial charge on any atom is -0.497 e. The van der Waals surface area contributed by atoms with Gasteiger partial charge >= 0.3 is 5.76 Å². The van der Waals surface area contributed by atoms with Gasteiger partial charge in [0, 0.05) is 19.5 Å². The first-order valence-corrected chi connectivity index (χ1v) is 8.25. The van der Waals surface area contributed by atoms with Crippen LogP contribution >= 0.6 is 0 Å². The standard InChI is InChI=1S/C19H20N2O5/c1-25-14-8-6-13(7-9-14)16(22)12-20-18(23)10-11-21-15-4-2-3-5-17(15)26-19(21)24/h2-9,16,22H,10-12H2,1H3,(H,20,23). The highest BCUT2D eigenvalue weighted by Gasteiger charge is 2.12. The molecule has 7 heteroatoms. The van der Waals surface area contributed by atoms with Crippen molar-refractivity contribution in [2.45, 2.75) is 19.1 Å². The van der Waals surface area contributed by atoms with Crippen LogP contribution in [0.4, 0.5) is 0 Å². The number of hydrogen-bond donors (Lipinski definition) is 2. The van der Waals surface area contributed by atoms with Crippen LogP contribution in [0, 0.1) is 0 Å². The zero-order valence-corrected chi connectivity index (χ0v) is 14.3. The molecular weight excluding hydrogens is 336 g/mol. The molecule has 3 aromatic rings. The summed E-state index contributed by atoms with van der Waals surface area (Å²) in [6.45, 7) is 0.298. The molecule has 0 saturated heterocycles. The number of para-hydroxylation sites is 2. The number of nitrogens with one attached hydrogen (secondary N) is 1. The van der Waals surface area contributed by atoms with E-state index in [1.165, 1.54) is 4.57 Å². The molecule has 0 spiro atoms. The third-order valence-electron chi connectivity index (χ3n) is 4.13. The molecular formula is C19H20N2O5. The van der Waals surface area contributed by atoms with Crippen molar-refractivity contribution in [2.75, 3.05) is 13.7 Å². The molecule has 0 aliphatic heterocycles. The largest absolute Gasteiger partial charge is 0.497 e. The second-order valence-corrected chi connectivity index (χ2v) is 5.83. The second kappa shape index (κ2) is 7.88. The Hall–Kier alpha value is -3.06. The zero-order valence-electron chi connectivity index (χ0n) is 14.3. The molecule has 1 aromatic heterocycles. The number of amides is 1. The number of carbonyl (C=O) groups is 1. The van der Waals surface area contributed by atoms with Gasteiger partial charge in [-0.2, -0.15) is 0 Å². The van der Waals surface area contributed by atoms with Gasteiger partial charge in [-0.3, -0.25) is 9.36 Å². The van der Waals surface area contributed by atoms with E-state index in [4.69, 9.17) is 9.15 Å². The van der Waals surface area contributed by atoms with Crippen molar-refractivity contribution < 1.29 is 19.1 Å². The molecule has 1 atom stereocenters. The first-order chi connectivity index (χ1) is 12.6. The molecule has 3 rings (SSSR count). The maximum absolute atomic E-state index is 12.0. The van der Waals surface area contributed by atoms with Crippen LogP contribution in [0.25, 0.3) is 11.1 Å². The van der Waals surface area contributed by atoms with Crippen molar-refractivity contribution >= 4 is 17.0 Å². The Labute approximate surface area is 149 Å². The molecule has 7 nitrogen and oxygen atoms in total. The Balaban J connectivity index is 1.53. The van der Waals surface area contributed by atoms with Gasteiger partial charge in [0.1, 0.15) is 5.75 Å². The van der Waals surface area contributed by atoms with Gasteiger partial charge in [-0.05, 0) is 29.8 Å². The fourth-order valence-electron chi connectivity index (χ4n) is 2.68. The molecule has 0 fully saturated rings. The third-order valence-corrected chi connectivity index (χ3v) is 4.13. The average molecular weight is 356 g/mol. The lowest BCUT2D eigenvalue weighted by Crippen LogP contribution is -2.30. The van der Waals surface area contributed by atoms with E-state index in [2.05, 4.69) is 5.32 Å². The number of ether oxygens (including phenoxy) is 1. The van der Waals surface area contributed by atoms with Gasteiger partial charge in [0.2, 0.25) is 5.91 Å². The van der Waals surface area contributed by atoms with E-state index in [0.717, 1.165) is 0 Å². The quantitative estimate of drug-likeness (QED) is 0.674. The molecule has 26 heavy (non-hydrogen) atoms. The molecule has 2 aromatic carbocycles. The lowest BCUT2D eigenvalue weighted by molar-refractivity contribution is -0.121. The Bertz CT molecular complexity index is 942. The molecule has 1 unspecified atom stereocenters. The molecule has 0 aliphatic carbocycles. The van der Waals surface area contributed by atoms with Crippen LogP contribution in [0.3, 0.4) is 0 Å². The molecule has 1 amide bonds. The highest BCUT2D eigenvalue weighted by Crippen LogP contribution is 2.17. The number of rotatable bonds is 7. The third kappa shape index (κ3) is 3.94. The summed E-state index contributed by atoms with van der Waals surface area (Å²) >= 11 is 0. The maximum atomic E-state index is 12.0. The van der Waals surface area contributed by atoms with Gasteiger partial charge in [0.05, 0.1) is 18.7 Å². The summed E-state index contributed by atoms with van der Waals surface area (Å²) in [5.41, 5.74) is 1.83. The van der Waals surface area contributed by atoms with Crippen LogP contribution < -0.4 is 15.8 Å². The summed E-state index contributed by atoms with van der Waals surface area (Å²) in [7, 11) is 1.57. The number of aliphatic hydroxyl groups is 1. The van der Waals surface area contributed by atoms with E-state index in [1.54, 1.807) is 55.6 Å². The number of oxazole rings is 1. The summed E-state index contributed by atoms with van der Waals surface area (Å²) in [4.78, 5) is 23.9. The molecule has 0 aliphatic rings. The van der Waals surface area contributed by atoms with Crippen LogP contribution in [0.15, 0.2) is 57.7 Å². The van der Waals surface area contributed by atoms with Crippen molar-refractivity contribution in [3.05, 3.63) is 64.6 Å². The highest BCUT2D eigenvalue weighted by atomic mass is 16.5. The zero-order chi connectivity index (χ0) is 18.5. The Kier molecular flexibility index (Phi) is 5.38. The van der Waals surface area contributed by atoms with Crippen LogP contribution in [0.5, 0.6) is 5.75 Å². The van der Waals surface area contributed by atoms with Gasteiger partial charge in [0.25, 0.3) is 0 Å². The number of fused-ring (bicyclic) bond motifs is 1. The first-order valence-electron chi connectivity index (χ1n) is 8.25. The normalized spacial score (nSPS) is 12.1. The predicted octanol–water partition coefficient (Wildman–Crippen LogP) is 1.84. The number of benzene rings is 2. The summed E-state index contributed by atoms with van der Waals surface area (Å²) in [6.07, 6.45) is -0.707. The molecule has 0 bridgehead atoms. The molecule has 0 radical (unpaired) electrons. The van der Waals surface area contributed by atoms with Crippen LogP contribution in [0.2, 0.25) is 0 Å². The smallest absolute Gasteiger partial charge is 0.419 e. The number of methoxy groups -OCH3 is 1. The van der Waals surface area contributed by atoms with E-state index in [-0.39, 0.29) is 25.4 Å². The highest BCUT2D eigenvalue weighted by molar-refractivity contribution is 5.76. The second-order valence-electron chi connectivity index (χ2n) is 5.83. The van der Waals surface area contributed by atoms with Gasteiger partial charge in [-0.15, -0.1) is 0 Å². The minimum absolute atomic E-state index is 0.0895. The van der Waals surface area contributed by atoms with Crippen LogP contribution in [-0.4, -0.2) is 29.2 Å². The minimum atomic E-state index is -0.817. The lowest BCUT2D eigenvalue weighted by Gasteiger charge is -2.13. The number of aryl methyl sites for hydroxylation is 1. The number of aromatic nitrogens is 1. The Morgan fingerprint density at radius 2 is 1.96 bits per heavy atom. The van der Waals surface area contributed by atoms with Crippen molar-refractivity contribution in [1.29, 1.82) is 0 Å². The fourth-order valence-corrected chi connectivity index (χ4v) is 2.68. The molecule has 0 saturated carbocycles. The summed E-state index contributed by atoms with van der Waals surface area (Å²) in [5, 5.41) is 12.8. The van der Waals surface area contributed by atoms with Crippen molar-refractivity contribution in [3.63, 3.8) is 0 Å². The van der Waals surface area contributed by atoms with Gasteiger partial charge in [0.15, 0.2) is 5.58 Å². The number of carbonyl (C=O) groups excluding carboxylic acids is 1. The van der Waals surface area contributed by atoms with Crippen molar-refractivity contribution in [3.8, 4) is 5.75 Å². The SMILES string of the molecule is COc1ccc(C(O)CNC(=O)CCn2c(=O)oc3ccccc32)cc1. The fraction of sp³-hybridized carbons (Fsp3) is 0.263. The number of nitrogens with zero attached hydrogens (tertiary/aromatic N) is 1. The number of aliphatic hydroxyl groups excluding tert-OH is 1. The maximum Gasteiger partial charge on any atom is 0.419 e. The molecule has 2 N–H and O–H groups in total. The van der Waals surface area contributed by atoms with Crippen LogP contribution in [-0.2, 0) is 11.3 Å². The van der Waals surface area contributed by atoms with Crippen molar-refractivity contribution in [1.82, 2.24) is 9.88 Å². The molecule has 1 heterocycles. The summed E-state index contributed by atoms with van der Waals surface area (Å²) in [5.74, 6) is -0.0465. The van der Waals surface area contributed by atoms with Gasteiger partial charge < -0.3 is 19.6 Å².